The molecule has 0 bridgehead atoms. The molecule has 0 saturated heterocycles. The lowest BCUT2D eigenvalue weighted by Crippen LogP contribution is -2.11. The van der Waals surface area contributed by atoms with Crippen molar-refractivity contribution >= 4 is 28.8 Å². The number of carbonyl (C=O) groups is 1. The van der Waals surface area contributed by atoms with E-state index in [1.54, 1.807) is 0 Å². The summed E-state index contributed by atoms with van der Waals surface area (Å²) in [5.74, 6) is -0.894. The number of nitrogens with zero attached hydrogens (tertiary/aromatic N) is 3. The summed E-state index contributed by atoms with van der Waals surface area (Å²) in [7, 11) is 0. The molecule has 0 spiro atoms. The predicted molar refractivity (Wildman–Crippen MR) is 86.4 cm³/mol. The van der Waals surface area contributed by atoms with Gasteiger partial charge in [-0.3, -0.25) is 14.9 Å². The van der Waals surface area contributed by atoms with Crippen LogP contribution in [-0.4, -0.2) is 20.4 Å². The maximum atomic E-state index is 13.0. The summed E-state index contributed by atoms with van der Waals surface area (Å²) < 4.78 is 16.8. The van der Waals surface area contributed by atoms with Crippen LogP contribution in [0.2, 0.25) is 0 Å². The third kappa shape index (κ3) is 3.25. The smallest absolute Gasteiger partial charge is 0.271 e. The number of hydrogen-bond donors (Lipinski definition) is 1. The number of halogens is 1. The lowest BCUT2D eigenvalue weighted by molar-refractivity contribution is -0.384. The van der Waals surface area contributed by atoms with Crippen molar-refractivity contribution in [2.75, 3.05) is 5.32 Å². The normalized spacial score (nSPS) is 10.4. The Labute approximate surface area is 139 Å². The van der Waals surface area contributed by atoms with E-state index in [0.29, 0.717) is 11.3 Å². The van der Waals surface area contributed by atoms with Crippen LogP contribution >= 0.6 is 11.5 Å². The first kappa shape index (κ1) is 15.7. The minimum Gasteiger partial charge on any atom is -0.321 e. The molecule has 3 rings (SSSR count). The van der Waals surface area contributed by atoms with Crippen LogP contribution in [-0.2, 0) is 0 Å². The van der Waals surface area contributed by atoms with Crippen LogP contribution in [0, 0.1) is 15.9 Å². The first-order valence-corrected chi connectivity index (χ1v) is 7.46. The Hall–Kier alpha value is -3.20. The van der Waals surface area contributed by atoms with Crippen molar-refractivity contribution in [2.45, 2.75) is 0 Å². The van der Waals surface area contributed by atoms with E-state index in [9.17, 15) is 19.3 Å². The number of nitro groups is 1. The van der Waals surface area contributed by atoms with Crippen molar-refractivity contribution < 1.29 is 14.1 Å². The first-order valence-electron chi connectivity index (χ1n) is 6.68. The Morgan fingerprint density at radius 3 is 2.67 bits per heavy atom. The standard InChI is InChI=1S/C15H9FN4O3S/c16-10-6-4-9(5-7-10)13-14(24-19-18-13)15(21)17-11-2-1-3-12(8-11)20(22)23/h1-8H,(H,17,21). The Bertz CT molecular complexity index is 911. The minimum absolute atomic E-state index is 0.131. The van der Waals surface area contributed by atoms with Gasteiger partial charge in [0.05, 0.1) is 4.92 Å². The molecule has 0 radical (unpaired) electrons. The molecule has 2 aromatic carbocycles. The number of nitrogens with one attached hydrogen (secondary N) is 1. The van der Waals surface area contributed by atoms with Crippen LogP contribution in [0.4, 0.5) is 15.8 Å². The monoisotopic (exact) mass is 344 g/mol. The third-order valence-corrected chi connectivity index (χ3v) is 3.85. The van der Waals surface area contributed by atoms with Crippen LogP contribution in [0.15, 0.2) is 48.5 Å². The van der Waals surface area contributed by atoms with E-state index in [4.69, 9.17) is 0 Å². The van der Waals surface area contributed by atoms with Gasteiger partial charge in [0, 0.05) is 23.4 Å². The van der Waals surface area contributed by atoms with Crippen molar-refractivity contribution in [3.8, 4) is 11.3 Å². The van der Waals surface area contributed by atoms with Crippen molar-refractivity contribution in [1.29, 1.82) is 0 Å². The van der Waals surface area contributed by atoms with E-state index < -0.39 is 16.6 Å². The lowest BCUT2D eigenvalue weighted by Gasteiger charge is -2.04. The molecule has 0 unspecified atom stereocenters. The van der Waals surface area contributed by atoms with Gasteiger partial charge in [0.15, 0.2) is 0 Å². The zero-order valence-corrected chi connectivity index (χ0v) is 12.8. The summed E-state index contributed by atoms with van der Waals surface area (Å²) in [6, 6.07) is 11.1. The van der Waals surface area contributed by atoms with Crippen molar-refractivity contribution in [3.05, 3.63) is 69.3 Å². The lowest BCUT2D eigenvalue weighted by atomic mass is 10.1. The van der Waals surface area contributed by atoms with Gasteiger partial charge in [0.25, 0.3) is 11.6 Å². The highest BCUT2D eigenvalue weighted by Crippen LogP contribution is 2.25. The van der Waals surface area contributed by atoms with E-state index in [2.05, 4.69) is 14.9 Å². The predicted octanol–water partition coefficient (Wildman–Crippen LogP) is 3.50. The van der Waals surface area contributed by atoms with Crippen LogP contribution in [0.5, 0.6) is 0 Å². The van der Waals surface area contributed by atoms with Gasteiger partial charge in [-0.25, -0.2) is 4.39 Å². The minimum atomic E-state index is -0.548. The zero-order chi connectivity index (χ0) is 17.1. The zero-order valence-electron chi connectivity index (χ0n) is 12.0. The second-order valence-corrected chi connectivity index (χ2v) is 5.47. The van der Waals surface area contributed by atoms with E-state index in [0.717, 1.165) is 11.5 Å². The van der Waals surface area contributed by atoms with Gasteiger partial charge < -0.3 is 5.32 Å². The highest BCUT2D eigenvalue weighted by molar-refractivity contribution is 7.08. The van der Waals surface area contributed by atoms with E-state index >= 15 is 0 Å². The first-order chi connectivity index (χ1) is 11.5. The van der Waals surface area contributed by atoms with Gasteiger partial charge in [-0.05, 0) is 41.9 Å². The van der Waals surface area contributed by atoms with Gasteiger partial charge >= 0.3 is 0 Å². The van der Waals surface area contributed by atoms with Gasteiger partial charge in [-0.15, -0.1) is 5.10 Å². The van der Waals surface area contributed by atoms with Crippen LogP contribution in [0.3, 0.4) is 0 Å². The molecule has 1 N–H and O–H groups in total. The summed E-state index contributed by atoms with van der Waals surface area (Å²) in [5.41, 5.74) is 1.03. The summed E-state index contributed by atoms with van der Waals surface area (Å²) in [6.07, 6.45) is 0. The summed E-state index contributed by atoms with van der Waals surface area (Å²) in [6.45, 7) is 0. The number of hydrogen-bond acceptors (Lipinski definition) is 6. The molecule has 0 fully saturated rings. The van der Waals surface area contributed by atoms with E-state index in [-0.39, 0.29) is 16.3 Å². The Kier molecular flexibility index (Phi) is 4.25. The molecule has 0 saturated carbocycles. The number of benzene rings is 2. The fourth-order valence-corrected chi connectivity index (χ4v) is 2.60. The number of aromatic nitrogens is 2. The molecule has 9 heteroatoms. The molecule has 7 nitrogen and oxygen atoms in total. The van der Waals surface area contributed by atoms with Gasteiger partial charge in [0.2, 0.25) is 0 Å². The maximum absolute atomic E-state index is 13.0. The molecule has 1 amide bonds. The third-order valence-electron chi connectivity index (χ3n) is 3.13. The number of nitro benzene ring substituents is 1. The molecular formula is C15H9FN4O3S. The summed E-state index contributed by atoms with van der Waals surface area (Å²) in [4.78, 5) is 22.9. The topological polar surface area (TPSA) is 98.0 Å². The highest BCUT2D eigenvalue weighted by Gasteiger charge is 2.18. The van der Waals surface area contributed by atoms with Crippen LogP contribution in [0.25, 0.3) is 11.3 Å². The maximum Gasteiger partial charge on any atom is 0.271 e. The van der Waals surface area contributed by atoms with Crippen molar-refractivity contribution in [3.63, 3.8) is 0 Å². The average Bonchev–Trinajstić information content (AvgIpc) is 3.05. The molecule has 0 atom stereocenters. The van der Waals surface area contributed by atoms with Crippen LogP contribution in [0.1, 0.15) is 9.67 Å². The number of non-ortho nitro benzene ring substituents is 1. The average molecular weight is 344 g/mol. The summed E-state index contributed by atoms with van der Waals surface area (Å²) in [5, 5.41) is 17.3. The van der Waals surface area contributed by atoms with Crippen molar-refractivity contribution in [2.24, 2.45) is 0 Å². The van der Waals surface area contributed by atoms with Gasteiger partial charge in [0.1, 0.15) is 16.4 Å². The highest BCUT2D eigenvalue weighted by atomic mass is 32.1. The quantitative estimate of drug-likeness (QED) is 0.577. The molecular weight excluding hydrogens is 335 g/mol. The fraction of sp³-hybridized carbons (Fsp3) is 0. The van der Waals surface area contributed by atoms with E-state index in [1.807, 2.05) is 0 Å². The Balaban J connectivity index is 1.86. The van der Waals surface area contributed by atoms with E-state index in [1.165, 1.54) is 48.5 Å². The van der Waals surface area contributed by atoms with Gasteiger partial charge in [-0.2, -0.15) is 0 Å². The second-order valence-electron chi connectivity index (χ2n) is 4.72. The number of amides is 1. The second kappa shape index (κ2) is 6.50. The molecule has 1 heterocycles. The SMILES string of the molecule is O=C(Nc1cccc([N+](=O)[O-])c1)c1snnc1-c1ccc(F)cc1. The molecule has 0 aliphatic carbocycles. The fourth-order valence-electron chi connectivity index (χ4n) is 2.02. The Morgan fingerprint density at radius 2 is 1.96 bits per heavy atom. The number of rotatable bonds is 4. The molecule has 3 aromatic rings. The number of anilines is 1. The molecule has 0 aliphatic rings. The molecule has 1 aromatic heterocycles. The van der Waals surface area contributed by atoms with Crippen LogP contribution < -0.4 is 5.32 Å². The molecule has 0 aliphatic heterocycles. The van der Waals surface area contributed by atoms with Crippen molar-refractivity contribution in [1.82, 2.24) is 9.59 Å². The molecule has 24 heavy (non-hydrogen) atoms. The van der Waals surface area contributed by atoms with Gasteiger partial charge in [-0.1, -0.05) is 10.6 Å². The number of carbonyl (C=O) groups excluding carboxylic acids is 1. The Morgan fingerprint density at radius 1 is 1.21 bits per heavy atom. The molecule has 120 valence electrons. The largest absolute Gasteiger partial charge is 0.321 e. The summed E-state index contributed by atoms with van der Waals surface area (Å²) >= 11 is 0.886.